The van der Waals surface area contributed by atoms with Crippen LogP contribution in [0.1, 0.15) is 46.5 Å². The number of nitrogens with zero attached hydrogens (tertiary/aromatic N) is 1. The second-order valence-corrected chi connectivity index (χ2v) is 7.50. The normalized spacial score (nSPS) is 10.4. The molecule has 32 heavy (non-hydrogen) atoms. The lowest BCUT2D eigenvalue weighted by molar-refractivity contribution is -0.385. The van der Waals surface area contributed by atoms with E-state index in [0.717, 1.165) is 12.5 Å². The third-order valence-corrected chi connectivity index (χ3v) is 4.47. The van der Waals surface area contributed by atoms with Gasteiger partial charge in [0.1, 0.15) is 5.75 Å². The first kappa shape index (κ1) is 24.3. The van der Waals surface area contributed by atoms with Crippen LogP contribution in [0.5, 0.6) is 5.75 Å². The van der Waals surface area contributed by atoms with E-state index in [4.69, 9.17) is 4.74 Å². The number of nitrogens with one attached hydrogen (secondary N) is 3. The zero-order valence-electron chi connectivity index (χ0n) is 18.1. The first-order chi connectivity index (χ1) is 15.2. The third-order valence-electron chi connectivity index (χ3n) is 4.47. The molecule has 0 aromatic heterocycles. The number of carbonyl (C=O) groups is 3. The molecular formula is C22H26N4O6. The van der Waals surface area contributed by atoms with Crippen LogP contribution in [0, 0.1) is 23.0 Å². The molecule has 2 aromatic carbocycles. The summed E-state index contributed by atoms with van der Waals surface area (Å²) in [5.41, 5.74) is 5.04. The van der Waals surface area contributed by atoms with Crippen LogP contribution in [0.4, 0.5) is 5.69 Å². The van der Waals surface area contributed by atoms with Crippen molar-refractivity contribution in [1.82, 2.24) is 16.2 Å². The van der Waals surface area contributed by atoms with Gasteiger partial charge in [0.15, 0.2) is 0 Å². The van der Waals surface area contributed by atoms with Crippen LogP contribution < -0.4 is 20.9 Å². The van der Waals surface area contributed by atoms with Crippen LogP contribution in [0.25, 0.3) is 0 Å². The Hall–Kier alpha value is -3.95. The maximum atomic E-state index is 12.1. The Bertz CT molecular complexity index is 988. The molecule has 3 N–H and O–H groups in total. The van der Waals surface area contributed by atoms with Crippen LogP contribution >= 0.6 is 0 Å². The van der Waals surface area contributed by atoms with Crippen molar-refractivity contribution >= 4 is 23.4 Å². The van der Waals surface area contributed by atoms with Gasteiger partial charge < -0.3 is 10.1 Å². The molecule has 0 saturated heterocycles. The van der Waals surface area contributed by atoms with E-state index < -0.39 is 29.2 Å². The molecule has 0 fully saturated rings. The molecule has 0 atom stereocenters. The highest BCUT2D eigenvalue weighted by Gasteiger charge is 2.16. The third kappa shape index (κ3) is 7.38. The lowest BCUT2D eigenvalue weighted by atomic mass is 10.1. The zero-order valence-corrected chi connectivity index (χ0v) is 18.1. The van der Waals surface area contributed by atoms with Crippen LogP contribution in [-0.4, -0.2) is 35.8 Å². The van der Waals surface area contributed by atoms with Gasteiger partial charge in [-0.15, -0.1) is 0 Å². The fourth-order valence-electron chi connectivity index (χ4n) is 2.57. The van der Waals surface area contributed by atoms with Crippen molar-refractivity contribution in [2.24, 2.45) is 5.92 Å². The zero-order chi connectivity index (χ0) is 23.7. The standard InChI is InChI=1S/C22H26N4O6/c1-14(2)10-11-32-18-8-6-16(7-9-18)22(29)25-24-20(27)13-23-21(28)17-5-4-15(3)19(12-17)26(30)31/h4-9,12,14H,10-11,13H2,1-3H3,(H,23,28)(H,24,27)(H,25,29). The molecule has 0 aliphatic rings. The topological polar surface area (TPSA) is 140 Å². The summed E-state index contributed by atoms with van der Waals surface area (Å²) < 4.78 is 5.59. The first-order valence-electron chi connectivity index (χ1n) is 10.0. The van der Waals surface area contributed by atoms with Gasteiger partial charge in [-0.25, -0.2) is 0 Å². The predicted octanol–water partition coefficient (Wildman–Crippen LogP) is 2.52. The number of hydrogen-bond acceptors (Lipinski definition) is 6. The van der Waals surface area contributed by atoms with Crippen LogP contribution in [0.3, 0.4) is 0 Å². The number of aryl methyl sites for hydroxylation is 1. The second kappa shape index (κ2) is 11.4. The molecule has 0 unspecified atom stereocenters. The molecule has 170 valence electrons. The number of ether oxygens (including phenoxy) is 1. The van der Waals surface area contributed by atoms with E-state index in [1.807, 2.05) is 0 Å². The van der Waals surface area contributed by atoms with Crippen molar-refractivity contribution in [2.75, 3.05) is 13.2 Å². The SMILES string of the molecule is Cc1ccc(C(=O)NCC(=O)NNC(=O)c2ccc(OCCC(C)C)cc2)cc1[N+](=O)[O-]. The highest BCUT2D eigenvalue weighted by molar-refractivity contribution is 5.98. The van der Waals surface area contributed by atoms with Gasteiger partial charge in [-0.2, -0.15) is 0 Å². The number of nitro groups is 1. The Morgan fingerprint density at radius 2 is 1.66 bits per heavy atom. The molecule has 0 saturated carbocycles. The Balaban J connectivity index is 1.79. The number of nitro benzene ring substituents is 1. The average molecular weight is 442 g/mol. The average Bonchev–Trinajstić information content (AvgIpc) is 2.76. The Morgan fingerprint density at radius 3 is 2.28 bits per heavy atom. The van der Waals surface area contributed by atoms with Crippen LogP contribution in [0.2, 0.25) is 0 Å². The number of carbonyl (C=O) groups excluding carboxylic acids is 3. The van der Waals surface area contributed by atoms with Gasteiger partial charge in [-0.3, -0.25) is 35.3 Å². The number of hydrazine groups is 1. The fourth-order valence-corrected chi connectivity index (χ4v) is 2.57. The van der Waals surface area contributed by atoms with Crippen molar-refractivity contribution in [2.45, 2.75) is 27.2 Å². The first-order valence-corrected chi connectivity index (χ1v) is 10.0. The van der Waals surface area contributed by atoms with Crippen molar-refractivity contribution in [3.05, 3.63) is 69.3 Å². The molecule has 10 heteroatoms. The van der Waals surface area contributed by atoms with Crippen molar-refractivity contribution in [1.29, 1.82) is 0 Å². The second-order valence-electron chi connectivity index (χ2n) is 7.50. The van der Waals surface area contributed by atoms with E-state index in [0.29, 0.717) is 29.4 Å². The fraction of sp³-hybridized carbons (Fsp3) is 0.318. The Morgan fingerprint density at radius 1 is 1.00 bits per heavy atom. The number of benzene rings is 2. The van der Waals surface area contributed by atoms with Crippen molar-refractivity contribution in [3.63, 3.8) is 0 Å². The Kier molecular flexibility index (Phi) is 8.70. The lowest BCUT2D eigenvalue weighted by Crippen LogP contribution is -2.46. The smallest absolute Gasteiger partial charge is 0.273 e. The summed E-state index contributed by atoms with van der Waals surface area (Å²) in [4.78, 5) is 46.6. The summed E-state index contributed by atoms with van der Waals surface area (Å²) in [5.74, 6) is -0.675. The maximum Gasteiger partial charge on any atom is 0.273 e. The van der Waals surface area contributed by atoms with E-state index in [2.05, 4.69) is 30.0 Å². The summed E-state index contributed by atoms with van der Waals surface area (Å²) in [5, 5.41) is 13.3. The van der Waals surface area contributed by atoms with Gasteiger partial charge in [0.2, 0.25) is 0 Å². The summed E-state index contributed by atoms with van der Waals surface area (Å²) >= 11 is 0. The molecule has 3 amide bonds. The minimum Gasteiger partial charge on any atom is -0.494 e. The number of amides is 3. The molecule has 2 aromatic rings. The predicted molar refractivity (Wildman–Crippen MR) is 117 cm³/mol. The van der Waals surface area contributed by atoms with Gasteiger partial charge >= 0.3 is 0 Å². The van der Waals surface area contributed by atoms with Crippen molar-refractivity contribution < 1.29 is 24.0 Å². The number of hydrogen-bond donors (Lipinski definition) is 3. The van der Waals surface area contributed by atoms with Gasteiger partial charge in [-0.05, 0) is 49.6 Å². The Labute approximate surface area is 185 Å². The minimum absolute atomic E-state index is 0.0508. The highest BCUT2D eigenvalue weighted by Crippen LogP contribution is 2.19. The van der Waals surface area contributed by atoms with Gasteiger partial charge in [0, 0.05) is 22.8 Å². The van der Waals surface area contributed by atoms with Crippen LogP contribution in [-0.2, 0) is 4.79 Å². The number of rotatable bonds is 9. The van der Waals surface area contributed by atoms with Gasteiger partial charge in [0.25, 0.3) is 23.4 Å². The lowest BCUT2D eigenvalue weighted by Gasteiger charge is -2.10. The maximum absolute atomic E-state index is 12.1. The van der Waals surface area contributed by atoms with Crippen LogP contribution in [0.15, 0.2) is 42.5 Å². The quantitative estimate of drug-likeness (QED) is 0.403. The molecule has 2 rings (SSSR count). The summed E-state index contributed by atoms with van der Waals surface area (Å²) in [7, 11) is 0. The molecular weight excluding hydrogens is 416 g/mol. The summed E-state index contributed by atoms with van der Waals surface area (Å²) in [6, 6.07) is 10.5. The molecule has 0 heterocycles. The van der Waals surface area contributed by atoms with E-state index in [1.54, 1.807) is 31.2 Å². The van der Waals surface area contributed by atoms with E-state index in [9.17, 15) is 24.5 Å². The highest BCUT2D eigenvalue weighted by atomic mass is 16.6. The van der Waals surface area contributed by atoms with E-state index in [-0.39, 0.29) is 11.3 Å². The monoisotopic (exact) mass is 442 g/mol. The van der Waals surface area contributed by atoms with Gasteiger partial charge in [-0.1, -0.05) is 19.9 Å². The molecule has 10 nitrogen and oxygen atoms in total. The molecule has 0 radical (unpaired) electrons. The molecule has 0 bridgehead atoms. The largest absolute Gasteiger partial charge is 0.494 e. The van der Waals surface area contributed by atoms with Gasteiger partial charge in [0.05, 0.1) is 18.1 Å². The molecule has 0 spiro atoms. The molecule has 0 aliphatic heterocycles. The molecule has 0 aliphatic carbocycles. The van der Waals surface area contributed by atoms with E-state index >= 15 is 0 Å². The summed E-state index contributed by atoms with van der Waals surface area (Å²) in [6.07, 6.45) is 0.922. The summed E-state index contributed by atoms with van der Waals surface area (Å²) in [6.45, 7) is 5.92. The minimum atomic E-state index is -0.665. The van der Waals surface area contributed by atoms with Crippen molar-refractivity contribution in [3.8, 4) is 5.75 Å². The van der Waals surface area contributed by atoms with E-state index in [1.165, 1.54) is 12.1 Å².